The average molecular weight is 179 g/mol. The second-order valence-corrected chi connectivity index (χ2v) is 2.65. The third-order valence-electron chi connectivity index (χ3n) is 1.89. The van der Waals surface area contributed by atoms with Crippen LogP contribution in [-0.4, -0.2) is 24.5 Å². The first-order valence-electron chi connectivity index (χ1n) is 4.19. The molecule has 0 fully saturated rings. The van der Waals surface area contributed by atoms with Gasteiger partial charge in [0.2, 0.25) is 0 Å². The lowest BCUT2D eigenvalue weighted by molar-refractivity contribution is 0.0984. The topological polar surface area (TPSA) is 49.3 Å². The Morgan fingerprint density at radius 3 is 2.69 bits per heavy atom. The summed E-state index contributed by atoms with van der Waals surface area (Å²) in [6, 6.07) is 7.63. The zero-order valence-electron chi connectivity index (χ0n) is 7.58. The maximum Gasteiger partial charge on any atom is 0.166 e. The molecule has 2 rings (SSSR count). The van der Waals surface area contributed by atoms with Crippen LogP contribution in [0.2, 0.25) is 0 Å². The number of fused-ring (bicyclic) bond motifs is 1. The SMILES string of the molecule is CO.O=C1CCNc2ccccc21. The van der Waals surface area contributed by atoms with Crippen LogP contribution < -0.4 is 5.32 Å². The summed E-state index contributed by atoms with van der Waals surface area (Å²) in [4.78, 5) is 11.2. The third kappa shape index (κ3) is 2.06. The van der Waals surface area contributed by atoms with Gasteiger partial charge < -0.3 is 10.4 Å². The quantitative estimate of drug-likeness (QED) is 0.631. The predicted octanol–water partition coefficient (Wildman–Crippen LogP) is 1.29. The standard InChI is InChI=1S/C9H9NO.CH4O/c11-9-5-6-10-8-4-2-1-3-7(8)9;1-2/h1-4,10H,5-6H2;2H,1H3. The molecular weight excluding hydrogens is 166 g/mol. The summed E-state index contributed by atoms with van der Waals surface area (Å²) < 4.78 is 0. The van der Waals surface area contributed by atoms with Crippen LogP contribution in [0.3, 0.4) is 0 Å². The van der Waals surface area contributed by atoms with Crippen LogP contribution in [0.5, 0.6) is 0 Å². The molecule has 0 saturated carbocycles. The fourth-order valence-corrected chi connectivity index (χ4v) is 1.33. The highest BCUT2D eigenvalue weighted by Gasteiger charge is 2.14. The number of rotatable bonds is 0. The summed E-state index contributed by atoms with van der Waals surface area (Å²) in [5.74, 6) is 0.249. The van der Waals surface area contributed by atoms with Crippen LogP contribution >= 0.6 is 0 Å². The number of carbonyl (C=O) groups excluding carboxylic acids is 1. The zero-order valence-corrected chi connectivity index (χ0v) is 7.58. The van der Waals surface area contributed by atoms with Crippen molar-refractivity contribution in [3.63, 3.8) is 0 Å². The number of para-hydroxylation sites is 1. The molecule has 13 heavy (non-hydrogen) atoms. The number of hydrogen-bond donors (Lipinski definition) is 2. The van der Waals surface area contributed by atoms with E-state index in [0.29, 0.717) is 6.42 Å². The largest absolute Gasteiger partial charge is 0.400 e. The van der Waals surface area contributed by atoms with E-state index in [-0.39, 0.29) is 5.78 Å². The number of carbonyl (C=O) groups is 1. The number of aliphatic hydroxyl groups excluding tert-OH is 1. The fourth-order valence-electron chi connectivity index (χ4n) is 1.33. The van der Waals surface area contributed by atoms with Gasteiger partial charge in [-0.3, -0.25) is 4.79 Å². The van der Waals surface area contributed by atoms with Crippen LogP contribution in [0.4, 0.5) is 5.69 Å². The van der Waals surface area contributed by atoms with Crippen molar-refractivity contribution in [1.29, 1.82) is 0 Å². The third-order valence-corrected chi connectivity index (χ3v) is 1.89. The van der Waals surface area contributed by atoms with Gasteiger partial charge in [-0.15, -0.1) is 0 Å². The molecule has 0 saturated heterocycles. The zero-order chi connectivity index (χ0) is 9.68. The van der Waals surface area contributed by atoms with E-state index in [2.05, 4.69) is 5.32 Å². The Morgan fingerprint density at radius 2 is 2.00 bits per heavy atom. The molecule has 0 bridgehead atoms. The summed E-state index contributed by atoms with van der Waals surface area (Å²) in [5, 5.41) is 10.2. The molecule has 1 aromatic carbocycles. The molecule has 3 heteroatoms. The maximum absolute atomic E-state index is 11.2. The minimum atomic E-state index is 0.249. The number of aliphatic hydroxyl groups is 1. The number of ketones is 1. The highest BCUT2D eigenvalue weighted by molar-refractivity contribution is 6.02. The Balaban J connectivity index is 0.000000396. The van der Waals surface area contributed by atoms with Crippen molar-refractivity contribution in [2.45, 2.75) is 6.42 Å². The average Bonchev–Trinajstić information content (AvgIpc) is 2.22. The summed E-state index contributed by atoms with van der Waals surface area (Å²) in [6.45, 7) is 0.774. The first kappa shape index (κ1) is 9.74. The van der Waals surface area contributed by atoms with Gasteiger partial charge in [0.1, 0.15) is 0 Å². The highest BCUT2D eigenvalue weighted by Crippen LogP contribution is 2.20. The normalized spacial score (nSPS) is 13.5. The lowest BCUT2D eigenvalue weighted by atomic mass is 10.0. The van der Waals surface area contributed by atoms with Crippen molar-refractivity contribution in [3.05, 3.63) is 29.8 Å². The van der Waals surface area contributed by atoms with Gasteiger partial charge in [0, 0.05) is 31.3 Å². The molecule has 70 valence electrons. The van der Waals surface area contributed by atoms with E-state index in [1.165, 1.54) is 0 Å². The molecule has 1 aliphatic rings. The summed E-state index contributed by atoms with van der Waals surface area (Å²) in [7, 11) is 1.00. The van der Waals surface area contributed by atoms with Gasteiger partial charge in [-0.05, 0) is 12.1 Å². The molecule has 1 heterocycles. The van der Waals surface area contributed by atoms with Crippen molar-refractivity contribution in [2.75, 3.05) is 19.0 Å². The first-order valence-corrected chi connectivity index (χ1v) is 4.19. The van der Waals surface area contributed by atoms with E-state index in [1.807, 2.05) is 24.3 Å². The summed E-state index contributed by atoms with van der Waals surface area (Å²) >= 11 is 0. The van der Waals surface area contributed by atoms with Crippen molar-refractivity contribution < 1.29 is 9.90 Å². The van der Waals surface area contributed by atoms with Gasteiger partial charge in [0.25, 0.3) is 0 Å². The fraction of sp³-hybridized carbons (Fsp3) is 0.300. The Hall–Kier alpha value is -1.35. The Kier molecular flexibility index (Phi) is 3.46. The lowest BCUT2D eigenvalue weighted by Gasteiger charge is -2.15. The summed E-state index contributed by atoms with van der Waals surface area (Å²) in [5.41, 5.74) is 1.81. The lowest BCUT2D eigenvalue weighted by Crippen LogP contribution is -2.17. The number of Topliss-reactive ketones (excluding diaryl/α,β-unsaturated/α-hetero) is 1. The van der Waals surface area contributed by atoms with Crippen LogP contribution in [0.15, 0.2) is 24.3 Å². The van der Waals surface area contributed by atoms with Gasteiger partial charge in [-0.1, -0.05) is 12.1 Å². The highest BCUT2D eigenvalue weighted by atomic mass is 16.2. The van der Waals surface area contributed by atoms with Crippen LogP contribution in [-0.2, 0) is 0 Å². The molecule has 1 aliphatic heterocycles. The Bertz CT molecular complexity index is 297. The molecular formula is C10H13NO2. The molecule has 0 amide bonds. The molecule has 0 spiro atoms. The molecule has 2 N–H and O–H groups in total. The number of benzene rings is 1. The smallest absolute Gasteiger partial charge is 0.166 e. The molecule has 0 aliphatic carbocycles. The van der Waals surface area contributed by atoms with Crippen LogP contribution in [0, 0.1) is 0 Å². The number of hydrogen-bond acceptors (Lipinski definition) is 3. The number of anilines is 1. The molecule has 0 atom stereocenters. The van der Waals surface area contributed by atoms with E-state index < -0.39 is 0 Å². The second-order valence-electron chi connectivity index (χ2n) is 2.65. The van der Waals surface area contributed by atoms with Gasteiger partial charge in [0.15, 0.2) is 5.78 Å². The van der Waals surface area contributed by atoms with E-state index >= 15 is 0 Å². The van der Waals surface area contributed by atoms with Crippen molar-refractivity contribution >= 4 is 11.5 Å². The second kappa shape index (κ2) is 4.62. The molecule has 0 radical (unpaired) electrons. The van der Waals surface area contributed by atoms with Gasteiger partial charge in [-0.25, -0.2) is 0 Å². The minimum Gasteiger partial charge on any atom is -0.400 e. The Morgan fingerprint density at radius 1 is 1.31 bits per heavy atom. The van der Waals surface area contributed by atoms with Gasteiger partial charge in [-0.2, -0.15) is 0 Å². The van der Waals surface area contributed by atoms with Crippen molar-refractivity contribution in [3.8, 4) is 0 Å². The molecule has 3 nitrogen and oxygen atoms in total. The van der Waals surface area contributed by atoms with E-state index in [4.69, 9.17) is 5.11 Å². The van der Waals surface area contributed by atoms with Crippen LogP contribution in [0.25, 0.3) is 0 Å². The van der Waals surface area contributed by atoms with E-state index in [9.17, 15) is 4.79 Å². The predicted molar refractivity (Wildman–Crippen MR) is 52.0 cm³/mol. The van der Waals surface area contributed by atoms with Crippen molar-refractivity contribution in [1.82, 2.24) is 0 Å². The molecule has 0 aromatic heterocycles. The maximum atomic E-state index is 11.2. The molecule has 1 aromatic rings. The van der Waals surface area contributed by atoms with Crippen LogP contribution in [0.1, 0.15) is 16.8 Å². The van der Waals surface area contributed by atoms with E-state index in [1.54, 1.807) is 0 Å². The van der Waals surface area contributed by atoms with Crippen molar-refractivity contribution in [2.24, 2.45) is 0 Å². The first-order chi connectivity index (χ1) is 6.38. The summed E-state index contributed by atoms with van der Waals surface area (Å²) in [6.07, 6.45) is 0.622. The molecule has 0 unspecified atom stereocenters. The minimum absolute atomic E-state index is 0.249. The Labute approximate surface area is 77.4 Å². The van der Waals surface area contributed by atoms with Gasteiger partial charge in [0.05, 0.1) is 0 Å². The van der Waals surface area contributed by atoms with Gasteiger partial charge >= 0.3 is 0 Å². The monoisotopic (exact) mass is 179 g/mol. The number of nitrogens with one attached hydrogen (secondary N) is 1. The van der Waals surface area contributed by atoms with E-state index in [0.717, 1.165) is 24.9 Å².